The molecule has 0 spiro atoms. The van der Waals surface area contributed by atoms with Crippen molar-refractivity contribution >= 4 is 34.1 Å². The molecule has 0 aromatic heterocycles. The van der Waals surface area contributed by atoms with E-state index in [9.17, 15) is 0 Å². The predicted molar refractivity (Wildman–Crippen MR) is 315 cm³/mol. The second-order valence-corrected chi connectivity index (χ2v) is 21.2. The fourth-order valence-electron chi connectivity index (χ4n) is 8.10. The van der Waals surface area contributed by atoms with Gasteiger partial charge in [-0.25, -0.2) is 0 Å². The molecule has 0 unspecified atom stereocenters. The summed E-state index contributed by atoms with van der Waals surface area (Å²) in [6.07, 6.45) is 0. The lowest BCUT2D eigenvalue weighted by atomic mass is 9.79. The van der Waals surface area contributed by atoms with Crippen LogP contribution < -0.4 is 9.80 Å². The third-order valence-electron chi connectivity index (χ3n) is 12.5. The summed E-state index contributed by atoms with van der Waals surface area (Å²) in [5, 5.41) is 0. The molecule has 368 valence electrons. The van der Waals surface area contributed by atoms with Gasteiger partial charge >= 0.3 is 0 Å². The van der Waals surface area contributed by atoms with Gasteiger partial charge in [-0.2, -0.15) is 0 Å². The Bertz CT molecular complexity index is 2690. The number of rotatable bonds is 8. The molecule has 0 fully saturated rings. The predicted octanol–water partition coefficient (Wildman–Crippen LogP) is 21.3. The highest BCUT2D eigenvalue weighted by atomic mass is 15.1. The van der Waals surface area contributed by atoms with Crippen molar-refractivity contribution in [2.75, 3.05) is 9.80 Å². The maximum atomic E-state index is 2.38. The Labute approximate surface area is 427 Å². The van der Waals surface area contributed by atoms with Gasteiger partial charge in [0.1, 0.15) is 0 Å². The fourth-order valence-corrected chi connectivity index (χ4v) is 8.10. The highest BCUT2D eigenvalue weighted by Crippen LogP contribution is 2.39. The Morgan fingerprint density at radius 2 is 0.429 bits per heavy atom. The quantitative estimate of drug-likeness (QED) is 0.150. The Morgan fingerprint density at radius 1 is 0.229 bits per heavy atom. The molecule has 8 aromatic rings. The number of nitrogens with zero attached hydrogens (tertiary/aromatic N) is 2. The van der Waals surface area contributed by atoms with E-state index in [1.165, 1.54) is 61.2 Å². The SMILES string of the molecule is C.C.C.C.Cc1ccc(N(c2ccc(C)cc2)c2ccc(-c3cc(C(C)(C)C)cc(C(C)(C)C)c3)cc2)cc1.Cc1ccc(N(c2ccc(C)cc2)c2ccc(-c3ccc(C(C)(C)C)cc3)cc2)cc1. The summed E-state index contributed by atoms with van der Waals surface area (Å²) in [4.78, 5) is 4.64. The van der Waals surface area contributed by atoms with Crippen LogP contribution in [0.4, 0.5) is 34.1 Å². The second kappa shape index (κ2) is 23.8. The van der Waals surface area contributed by atoms with Crippen LogP contribution in [0.1, 0.15) is 131 Å². The summed E-state index contributed by atoms with van der Waals surface area (Å²) < 4.78 is 0. The minimum Gasteiger partial charge on any atom is -0.311 e. The topological polar surface area (TPSA) is 6.48 Å². The molecule has 0 aliphatic rings. The van der Waals surface area contributed by atoms with Gasteiger partial charge in [-0.3, -0.25) is 0 Å². The molecule has 2 heteroatoms. The summed E-state index contributed by atoms with van der Waals surface area (Å²) in [5.41, 5.74) is 21.5. The summed E-state index contributed by atoms with van der Waals surface area (Å²) >= 11 is 0. The van der Waals surface area contributed by atoms with E-state index in [1.807, 2.05) is 0 Å². The number of hydrogen-bond acceptors (Lipinski definition) is 2. The van der Waals surface area contributed by atoms with Gasteiger partial charge in [0.05, 0.1) is 0 Å². The third kappa shape index (κ3) is 14.2. The Kier molecular flexibility index (Phi) is 19.6. The van der Waals surface area contributed by atoms with Crippen molar-refractivity contribution in [3.63, 3.8) is 0 Å². The van der Waals surface area contributed by atoms with Gasteiger partial charge in [0, 0.05) is 34.1 Å². The highest BCUT2D eigenvalue weighted by Gasteiger charge is 2.22. The first-order valence-corrected chi connectivity index (χ1v) is 23.6. The molecule has 2 nitrogen and oxygen atoms in total. The zero-order valence-electron chi connectivity index (χ0n) is 41.8. The van der Waals surface area contributed by atoms with E-state index in [0.29, 0.717) is 0 Å². The van der Waals surface area contributed by atoms with Crippen molar-refractivity contribution in [2.24, 2.45) is 0 Å². The summed E-state index contributed by atoms with van der Waals surface area (Å²) in [7, 11) is 0. The van der Waals surface area contributed by atoms with Gasteiger partial charge in [0.25, 0.3) is 0 Å². The lowest BCUT2D eigenvalue weighted by molar-refractivity contribution is 0.569. The van der Waals surface area contributed by atoms with Crippen LogP contribution in [0.15, 0.2) is 188 Å². The first-order valence-electron chi connectivity index (χ1n) is 23.6. The van der Waals surface area contributed by atoms with Crippen molar-refractivity contribution in [2.45, 2.75) is 136 Å². The van der Waals surface area contributed by atoms with E-state index in [-0.39, 0.29) is 46.0 Å². The van der Waals surface area contributed by atoms with Crippen LogP contribution in [0.3, 0.4) is 0 Å². The molecule has 8 aromatic carbocycles. The number of aryl methyl sites for hydroxylation is 4. The van der Waals surface area contributed by atoms with Gasteiger partial charge in [0.15, 0.2) is 0 Å². The maximum Gasteiger partial charge on any atom is 0.0462 e. The summed E-state index contributed by atoms with van der Waals surface area (Å²) in [6.45, 7) is 29.0. The van der Waals surface area contributed by atoms with Crippen molar-refractivity contribution in [1.29, 1.82) is 0 Å². The molecular formula is C68H86N2. The smallest absolute Gasteiger partial charge is 0.0462 e. The molecule has 70 heavy (non-hydrogen) atoms. The maximum absolute atomic E-state index is 2.38. The number of benzene rings is 8. The van der Waals surface area contributed by atoms with Crippen molar-refractivity contribution in [1.82, 2.24) is 0 Å². The van der Waals surface area contributed by atoms with Crippen molar-refractivity contribution < 1.29 is 0 Å². The molecule has 0 heterocycles. The first-order chi connectivity index (χ1) is 31.2. The van der Waals surface area contributed by atoms with Crippen LogP contribution >= 0.6 is 0 Å². The number of anilines is 6. The molecule has 0 aliphatic carbocycles. The van der Waals surface area contributed by atoms with Crippen LogP contribution in [0, 0.1) is 27.7 Å². The fraction of sp³-hybridized carbons (Fsp3) is 0.294. The van der Waals surface area contributed by atoms with E-state index in [1.54, 1.807) is 0 Å². The van der Waals surface area contributed by atoms with Gasteiger partial charge in [-0.05, 0) is 156 Å². The molecule has 0 saturated heterocycles. The standard InChI is InChI=1S/C34H39N.C30H31N.4CH4/c1-24-9-15-30(16-10-24)35(31-17-11-25(2)12-18-31)32-19-13-26(14-20-32)27-21-28(33(3,4)5)23-29(22-27)34(6,7)8;1-22-6-16-27(17-7-22)31(28-18-8-23(2)9-19-28)29-20-12-25(13-21-29)24-10-14-26(15-11-24)30(3,4)5;;;;/h9-23H,1-8H3;6-21H,1-5H3;4*1H4. The van der Waals surface area contributed by atoms with Gasteiger partial charge in [-0.15, -0.1) is 0 Å². The van der Waals surface area contributed by atoms with Crippen molar-refractivity contribution in [3.8, 4) is 22.3 Å². The molecule has 8 rings (SSSR count). The molecule has 0 amide bonds. The summed E-state index contributed by atoms with van der Waals surface area (Å²) in [6, 6.07) is 68.9. The van der Waals surface area contributed by atoms with Gasteiger partial charge in [-0.1, -0.05) is 230 Å². The Morgan fingerprint density at radius 3 is 0.657 bits per heavy atom. The summed E-state index contributed by atoms with van der Waals surface area (Å²) in [5.74, 6) is 0. The molecule has 0 N–H and O–H groups in total. The van der Waals surface area contributed by atoms with Crippen LogP contribution in [0.2, 0.25) is 0 Å². The van der Waals surface area contributed by atoms with Gasteiger partial charge < -0.3 is 9.80 Å². The first kappa shape index (κ1) is 57.7. The van der Waals surface area contributed by atoms with E-state index >= 15 is 0 Å². The molecule has 0 aliphatic heterocycles. The molecule has 0 saturated carbocycles. The molecule has 0 atom stereocenters. The minimum atomic E-state index is 0. The van der Waals surface area contributed by atoms with E-state index in [4.69, 9.17) is 0 Å². The van der Waals surface area contributed by atoms with Crippen LogP contribution in [0.5, 0.6) is 0 Å². The normalized spacial score (nSPS) is 11.0. The van der Waals surface area contributed by atoms with E-state index in [2.05, 4.69) is 288 Å². The van der Waals surface area contributed by atoms with Crippen LogP contribution in [0.25, 0.3) is 22.3 Å². The highest BCUT2D eigenvalue weighted by molar-refractivity contribution is 5.80. The zero-order chi connectivity index (χ0) is 47.4. The average Bonchev–Trinajstić information content (AvgIpc) is 3.29. The third-order valence-corrected chi connectivity index (χ3v) is 12.5. The lowest BCUT2D eigenvalue weighted by Crippen LogP contribution is -2.16. The average molecular weight is 931 g/mol. The van der Waals surface area contributed by atoms with Crippen LogP contribution in [-0.2, 0) is 16.2 Å². The van der Waals surface area contributed by atoms with Gasteiger partial charge in [0.2, 0.25) is 0 Å². The second-order valence-electron chi connectivity index (χ2n) is 21.2. The largest absolute Gasteiger partial charge is 0.311 e. The van der Waals surface area contributed by atoms with Crippen molar-refractivity contribution in [3.05, 3.63) is 227 Å². The van der Waals surface area contributed by atoms with E-state index in [0.717, 1.165) is 34.1 Å². The molecule has 0 radical (unpaired) electrons. The zero-order valence-corrected chi connectivity index (χ0v) is 41.8. The molecule has 0 bridgehead atoms. The Hall–Kier alpha value is -6.64. The Balaban J connectivity index is 0.000000352. The lowest BCUT2D eigenvalue weighted by Gasteiger charge is -2.27. The van der Waals surface area contributed by atoms with Crippen LogP contribution in [-0.4, -0.2) is 0 Å². The number of hydrogen-bond donors (Lipinski definition) is 0. The molecular weight excluding hydrogens is 845 g/mol. The monoisotopic (exact) mass is 931 g/mol. The van der Waals surface area contributed by atoms with E-state index < -0.39 is 0 Å². The minimum absolute atomic E-state index is 0.